The fourth-order valence-corrected chi connectivity index (χ4v) is 2.94. The van der Waals surface area contributed by atoms with Crippen molar-refractivity contribution < 1.29 is 0 Å². The Kier molecular flexibility index (Phi) is 4.28. The number of hydrogen-bond donors (Lipinski definition) is 2. The lowest BCUT2D eigenvalue weighted by atomic mass is 10.2. The Bertz CT molecular complexity index is 876. The molecule has 0 saturated heterocycles. The van der Waals surface area contributed by atoms with Crippen molar-refractivity contribution in [1.82, 2.24) is 9.97 Å². The number of imidazole rings is 1. The van der Waals surface area contributed by atoms with Gasteiger partial charge in [0.1, 0.15) is 11.7 Å². The molecule has 0 unspecified atom stereocenters. The van der Waals surface area contributed by atoms with Crippen LogP contribution in [0.2, 0.25) is 10.0 Å². The van der Waals surface area contributed by atoms with Gasteiger partial charge in [0.15, 0.2) is 0 Å². The lowest BCUT2D eigenvalue weighted by Gasteiger charge is -2.03. The molecule has 3 aromatic rings. The minimum absolute atomic E-state index is 0.143. The zero-order chi connectivity index (χ0) is 16.6. The maximum Gasteiger partial charge on any atom is 0.141 e. The number of nitrogens with one attached hydrogen (secondary N) is 1. The average Bonchev–Trinajstić information content (AvgIpc) is 2.88. The average molecular weight is 347 g/mol. The van der Waals surface area contributed by atoms with Crippen LogP contribution < -0.4 is 5.73 Å². The predicted molar refractivity (Wildman–Crippen MR) is 97.4 cm³/mol. The standard InChI is InChI=1S/C17H16Cl2N4/c1-9(2)21-16(20)10-6-7-13-14(8-10)23-17(22-13)15-11(18)4-3-5-12(15)19/h3-9H,1-2H3,(H2,20,21)(H,22,23). The van der Waals surface area contributed by atoms with Gasteiger partial charge in [-0.1, -0.05) is 29.3 Å². The van der Waals surface area contributed by atoms with Gasteiger partial charge >= 0.3 is 0 Å². The molecule has 0 aliphatic rings. The van der Waals surface area contributed by atoms with Crippen LogP contribution in [0.15, 0.2) is 41.4 Å². The molecule has 6 heteroatoms. The second-order valence-corrected chi connectivity index (χ2v) is 6.34. The topological polar surface area (TPSA) is 67.1 Å². The van der Waals surface area contributed by atoms with Gasteiger partial charge in [0, 0.05) is 11.6 Å². The number of nitrogens with zero attached hydrogens (tertiary/aromatic N) is 2. The van der Waals surface area contributed by atoms with E-state index in [4.69, 9.17) is 28.9 Å². The second kappa shape index (κ2) is 6.22. The number of aliphatic imine (C=N–C) groups is 1. The van der Waals surface area contributed by atoms with Gasteiger partial charge in [0.25, 0.3) is 0 Å². The molecular formula is C17H16Cl2N4. The number of aromatic nitrogens is 2. The molecule has 0 radical (unpaired) electrons. The van der Waals surface area contributed by atoms with Crippen molar-refractivity contribution in [3.05, 3.63) is 52.0 Å². The summed E-state index contributed by atoms with van der Waals surface area (Å²) in [6, 6.07) is 11.3. The van der Waals surface area contributed by atoms with Gasteiger partial charge < -0.3 is 10.7 Å². The molecular weight excluding hydrogens is 331 g/mol. The van der Waals surface area contributed by atoms with Gasteiger partial charge in [-0.15, -0.1) is 0 Å². The molecule has 2 aromatic carbocycles. The summed E-state index contributed by atoms with van der Waals surface area (Å²) in [6.07, 6.45) is 0. The van der Waals surface area contributed by atoms with Crippen LogP contribution in [0, 0.1) is 0 Å². The van der Waals surface area contributed by atoms with Gasteiger partial charge in [-0.2, -0.15) is 0 Å². The molecule has 4 nitrogen and oxygen atoms in total. The van der Waals surface area contributed by atoms with Crippen molar-refractivity contribution in [3.8, 4) is 11.4 Å². The van der Waals surface area contributed by atoms with E-state index in [0.717, 1.165) is 16.6 Å². The number of rotatable bonds is 3. The van der Waals surface area contributed by atoms with Crippen LogP contribution in [0.1, 0.15) is 19.4 Å². The highest BCUT2D eigenvalue weighted by Gasteiger charge is 2.13. The second-order valence-electron chi connectivity index (χ2n) is 5.52. The fourth-order valence-electron chi connectivity index (χ4n) is 2.36. The Balaban J connectivity index is 2.10. The fraction of sp³-hybridized carbons (Fsp3) is 0.176. The summed E-state index contributed by atoms with van der Waals surface area (Å²) in [4.78, 5) is 12.2. The number of fused-ring (bicyclic) bond motifs is 1. The largest absolute Gasteiger partial charge is 0.383 e. The Labute approximate surface area is 144 Å². The maximum absolute atomic E-state index is 6.25. The molecule has 0 aliphatic carbocycles. The zero-order valence-corrected chi connectivity index (χ0v) is 14.3. The van der Waals surface area contributed by atoms with Crippen LogP contribution in [-0.2, 0) is 0 Å². The molecule has 0 spiro atoms. The third kappa shape index (κ3) is 3.19. The lowest BCUT2D eigenvalue weighted by Crippen LogP contribution is -2.15. The molecule has 0 saturated carbocycles. The molecule has 1 aromatic heterocycles. The van der Waals surface area contributed by atoms with E-state index >= 15 is 0 Å². The summed E-state index contributed by atoms with van der Waals surface area (Å²) < 4.78 is 0. The van der Waals surface area contributed by atoms with Crippen LogP contribution in [0.25, 0.3) is 22.4 Å². The van der Waals surface area contributed by atoms with Crippen LogP contribution in [-0.4, -0.2) is 21.8 Å². The molecule has 0 amide bonds. The van der Waals surface area contributed by atoms with Gasteiger partial charge in [0.2, 0.25) is 0 Å². The maximum atomic E-state index is 6.25. The third-order valence-corrected chi connectivity index (χ3v) is 4.00. The summed E-state index contributed by atoms with van der Waals surface area (Å²) in [5.41, 5.74) is 9.25. The minimum atomic E-state index is 0.143. The number of aromatic amines is 1. The van der Waals surface area contributed by atoms with E-state index in [-0.39, 0.29) is 6.04 Å². The first-order valence-electron chi connectivity index (χ1n) is 7.23. The predicted octanol–water partition coefficient (Wildman–Crippen LogP) is 4.65. The first-order valence-corrected chi connectivity index (χ1v) is 7.99. The highest BCUT2D eigenvalue weighted by molar-refractivity contribution is 6.39. The smallest absolute Gasteiger partial charge is 0.141 e. The molecule has 0 aliphatic heterocycles. The third-order valence-electron chi connectivity index (χ3n) is 3.37. The number of hydrogen-bond acceptors (Lipinski definition) is 2. The van der Waals surface area contributed by atoms with Gasteiger partial charge in [0.05, 0.1) is 26.6 Å². The quantitative estimate of drug-likeness (QED) is 0.535. The summed E-state index contributed by atoms with van der Waals surface area (Å²) in [7, 11) is 0. The summed E-state index contributed by atoms with van der Waals surface area (Å²) in [5, 5.41) is 1.11. The molecule has 3 N–H and O–H groups in total. The summed E-state index contributed by atoms with van der Waals surface area (Å²) in [5.74, 6) is 1.14. The van der Waals surface area contributed by atoms with Crippen LogP contribution in [0.4, 0.5) is 0 Å². The van der Waals surface area contributed by atoms with E-state index in [1.165, 1.54) is 0 Å². The van der Waals surface area contributed by atoms with Gasteiger partial charge in [-0.25, -0.2) is 4.98 Å². The van der Waals surface area contributed by atoms with Crippen molar-refractivity contribution in [2.24, 2.45) is 10.7 Å². The first-order chi connectivity index (χ1) is 11.0. The molecule has 3 rings (SSSR count). The van der Waals surface area contributed by atoms with E-state index < -0.39 is 0 Å². The number of nitrogens with two attached hydrogens (primary N) is 1. The Morgan fingerprint density at radius 1 is 1.17 bits per heavy atom. The van der Waals surface area contributed by atoms with Crippen LogP contribution >= 0.6 is 23.2 Å². The molecule has 0 atom stereocenters. The van der Waals surface area contributed by atoms with E-state index in [9.17, 15) is 0 Å². The van der Waals surface area contributed by atoms with Crippen LogP contribution in [0.5, 0.6) is 0 Å². The van der Waals surface area contributed by atoms with Gasteiger partial charge in [-0.05, 0) is 44.2 Å². The monoisotopic (exact) mass is 346 g/mol. The zero-order valence-electron chi connectivity index (χ0n) is 12.8. The summed E-state index contributed by atoms with van der Waals surface area (Å²) in [6.45, 7) is 3.97. The Hall–Kier alpha value is -2.04. The van der Waals surface area contributed by atoms with E-state index in [1.807, 2.05) is 32.0 Å². The van der Waals surface area contributed by atoms with E-state index in [1.54, 1.807) is 18.2 Å². The van der Waals surface area contributed by atoms with Crippen molar-refractivity contribution in [2.45, 2.75) is 19.9 Å². The van der Waals surface area contributed by atoms with Crippen molar-refractivity contribution in [3.63, 3.8) is 0 Å². The normalized spacial score (nSPS) is 12.3. The Morgan fingerprint density at radius 2 is 1.87 bits per heavy atom. The molecule has 0 bridgehead atoms. The first kappa shape index (κ1) is 15.8. The van der Waals surface area contributed by atoms with E-state index in [0.29, 0.717) is 27.3 Å². The number of halogens is 2. The van der Waals surface area contributed by atoms with Crippen LogP contribution in [0.3, 0.4) is 0 Å². The van der Waals surface area contributed by atoms with Crippen molar-refractivity contribution >= 4 is 40.1 Å². The van der Waals surface area contributed by atoms with E-state index in [2.05, 4.69) is 15.0 Å². The molecule has 0 fully saturated rings. The number of amidine groups is 1. The number of H-pyrrole nitrogens is 1. The highest BCUT2D eigenvalue weighted by atomic mass is 35.5. The summed E-state index contributed by atoms with van der Waals surface area (Å²) >= 11 is 12.5. The molecule has 23 heavy (non-hydrogen) atoms. The van der Waals surface area contributed by atoms with Gasteiger partial charge in [-0.3, -0.25) is 4.99 Å². The molecule has 1 heterocycles. The van der Waals surface area contributed by atoms with Crippen molar-refractivity contribution in [2.75, 3.05) is 0 Å². The lowest BCUT2D eigenvalue weighted by molar-refractivity contribution is 0.834. The molecule has 118 valence electrons. The Morgan fingerprint density at radius 3 is 2.52 bits per heavy atom. The van der Waals surface area contributed by atoms with Crippen molar-refractivity contribution in [1.29, 1.82) is 0 Å². The SMILES string of the molecule is CC(C)N=C(N)c1ccc2nc(-c3c(Cl)cccc3Cl)[nH]c2c1. The minimum Gasteiger partial charge on any atom is -0.383 e. The highest BCUT2D eigenvalue weighted by Crippen LogP contribution is 2.33. The number of benzene rings is 2.